The molecule has 1 fully saturated rings. The van der Waals surface area contributed by atoms with Gasteiger partial charge in [-0.1, -0.05) is 50.2 Å². The molecule has 0 radical (unpaired) electrons. The summed E-state index contributed by atoms with van der Waals surface area (Å²) in [5.41, 5.74) is 4.57. The van der Waals surface area contributed by atoms with Gasteiger partial charge in [0.1, 0.15) is 12.1 Å². The minimum absolute atomic E-state index is 0.134. The molecule has 0 spiro atoms. The number of benzene rings is 2. The lowest BCUT2D eigenvalue weighted by atomic mass is 9.89. The molecule has 1 aliphatic carbocycles. The number of hydrogen-bond acceptors (Lipinski definition) is 3. The molecule has 3 aliphatic rings. The first-order chi connectivity index (χ1) is 16.9. The van der Waals surface area contributed by atoms with E-state index >= 15 is 0 Å². The van der Waals surface area contributed by atoms with Gasteiger partial charge in [-0.05, 0) is 48.4 Å². The number of fused-ring (bicyclic) bond motifs is 7. The summed E-state index contributed by atoms with van der Waals surface area (Å²) >= 11 is 0. The Kier molecular flexibility index (Phi) is 5.16. The van der Waals surface area contributed by atoms with Crippen molar-refractivity contribution in [3.8, 4) is 0 Å². The van der Waals surface area contributed by atoms with E-state index in [4.69, 9.17) is 0 Å². The van der Waals surface area contributed by atoms with Crippen molar-refractivity contribution in [3.63, 3.8) is 0 Å². The zero-order valence-corrected chi connectivity index (χ0v) is 20.0. The summed E-state index contributed by atoms with van der Waals surface area (Å²) in [6, 6.07) is 14.2. The summed E-state index contributed by atoms with van der Waals surface area (Å²) in [5, 5.41) is 7.13. The molecule has 180 valence electrons. The van der Waals surface area contributed by atoms with Crippen molar-refractivity contribution in [1.29, 1.82) is 0 Å². The first-order valence-electron chi connectivity index (χ1n) is 12.5. The zero-order chi connectivity index (χ0) is 24.3. The Balaban J connectivity index is 1.38. The standard InChI is InChI=1S/C28H30N4O3/c1-15(2)13-22(26(33)29-16-11-12-16)31-27(34)23-14-20-17-7-5-6-10-21(17)30-24(20)25-18-8-3-4-9-19(18)28(35)32(23)25/h3-10,15-16,22-23,25,30H,11-14H2,1-2H3,(H,29,33)(H,31,34)/t22-,23-,25-/m0/s1. The van der Waals surface area contributed by atoms with E-state index in [-0.39, 0.29) is 35.7 Å². The Hall–Kier alpha value is -3.61. The number of rotatable bonds is 6. The molecule has 0 unspecified atom stereocenters. The molecule has 7 nitrogen and oxygen atoms in total. The first kappa shape index (κ1) is 21.9. The molecular weight excluding hydrogens is 440 g/mol. The molecule has 3 atom stereocenters. The van der Waals surface area contributed by atoms with Crippen molar-refractivity contribution >= 4 is 28.6 Å². The van der Waals surface area contributed by atoms with Gasteiger partial charge < -0.3 is 20.5 Å². The second-order valence-corrected chi connectivity index (χ2v) is 10.5. The van der Waals surface area contributed by atoms with E-state index in [0.29, 0.717) is 18.4 Å². The highest BCUT2D eigenvalue weighted by molar-refractivity contribution is 6.04. The number of aromatic nitrogens is 1. The summed E-state index contributed by atoms with van der Waals surface area (Å²) in [4.78, 5) is 45.6. The van der Waals surface area contributed by atoms with Crippen molar-refractivity contribution in [3.05, 3.63) is 70.9 Å². The summed E-state index contributed by atoms with van der Waals surface area (Å²) < 4.78 is 0. The van der Waals surface area contributed by atoms with Crippen LogP contribution in [-0.2, 0) is 16.0 Å². The van der Waals surface area contributed by atoms with Crippen LogP contribution in [0.5, 0.6) is 0 Å². The maximum atomic E-state index is 13.8. The average Bonchev–Trinajstić information content (AvgIpc) is 3.51. The first-order valence-corrected chi connectivity index (χ1v) is 12.5. The molecule has 3 amide bonds. The Labute approximate surface area is 204 Å². The molecule has 1 saturated carbocycles. The van der Waals surface area contributed by atoms with Crippen LogP contribution in [0, 0.1) is 5.92 Å². The molecular formula is C28H30N4O3. The van der Waals surface area contributed by atoms with Crippen molar-refractivity contribution in [2.24, 2.45) is 5.92 Å². The fourth-order valence-electron chi connectivity index (χ4n) is 5.64. The minimum Gasteiger partial charge on any atom is -0.356 e. The van der Waals surface area contributed by atoms with Crippen LogP contribution >= 0.6 is 0 Å². The van der Waals surface area contributed by atoms with Gasteiger partial charge in [0.15, 0.2) is 0 Å². The summed E-state index contributed by atoms with van der Waals surface area (Å²) in [7, 11) is 0. The lowest BCUT2D eigenvalue weighted by molar-refractivity contribution is -0.132. The number of amides is 3. The maximum absolute atomic E-state index is 13.8. The minimum atomic E-state index is -0.699. The molecule has 1 aromatic heterocycles. The largest absolute Gasteiger partial charge is 0.356 e. The number of nitrogens with zero attached hydrogens (tertiary/aromatic N) is 1. The summed E-state index contributed by atoms with van der Waals surface area (Å²) in [6.45, 7) is 4.08. The number of para-hydroxylation sites is 1. The molecule has 3 N–H and O–H groups in total. The topological polar surface area (TPSA) is 94.3 Å². The zero-order valence-electron chi connectivity index (χ0n) is 20.0. The molecule has 0 saturated heterocycles. The molecule has 2 aliphatic heterocycles. The summed E-state index contributed by atoms with van der Waals surface area (Å²) in [6.07, 6.45) is 2.93. The van der Waals surface area contributed by atoms with Crippen LogP contribution in [0.4, 0.5) is 0 Å². The third-order valence-electron chi connectivity index (χ3n) is 7.42. The van der Waals surface area contributed by atoms with Crippen molar-refractivity contribution in [1.82, 2.24) is 20.5 Å². The molecule has 7 heteroatoms. The van der Waals surface area contributed by atoms with Crippen LogP contribution in [0.25, 0.3) is 10.9 Å². The van der Waals surface area contributed by atoms with E-state index in [9.17, 15) is 14.4 Å². The Morgan fingerprint density at radius 2 is 1.83 bits per heavy atom. The Morgan fingerprint density at radius 1 is 1.09 bits per heavy atom. The SMILES string of the molecule is CC(C)C[C@H](NC(=O)[C@@H]1Cc2c([nH]c3ccccc23)[C@@H]2c3ccccc3C(=O)N21)C(=O)NC1CC1. The van der Waals surface area contributed by atoms with Crippen LogP contribution in [0.2, 0.25) is 0 Å². The number of nitrogens with one attached hydrogen (secondary N) is 3. The van der Waals surface area contributed by atoms with Crippen LogP contribution in [0.15, 0.2) is 48.5 Å². The van der Waals surface area contributed by atoms with E-state index in [2.05, 4.69) is 21.7 Å². The highest BCUT2D eigenvalue weighted by Crippen LogP contribution is 2.46. The third-order valence-corrected chi connectivity index (χ3v) is 7.42. The smallest absolute Gasteiger partial charge is 0.255 e. The van der Waals surface area contributed by atoms with Gasteiger partial charge in [-0.25, -0.2) is 0 Å². The van der Waals surface area contributed by atoms with Gasteiger partial charge in [0, 0.05) is 34.6 Å². The second-order valence-electron chi connectivity index (χ2n) is 10.5. The van der Waals surface area contributed by atoms with E-state index in [1.54, 1.807) is 4.90 Å². The number of carbonyl (C=O) groups excluding carboxylic acids is 3. The van der Waals surface area contributed by atoms with Gasteiger partial charge >= 0.3 is 0 Å². The van der Waals surface area contributed by atoms with E-state index in [0.717, 1.165) is 40.6 Å². The number of H-pyrrole nitrogens is 1. The van der Waals surface area contributed by atoms with Crippen LogP contribution < -0.4 is 10.6 Å². The van der Waals surface area contributed by atoms with Gasteiger partial charge in [0.2, 0.25) is 11.8 Å². The molecule has 35 heavy (non-hydrogen) atoms. The fourth-order valence-corrected chi connectivity index (χ4v) is 5.64. The van der Waals surface area contributed by atoms with Crippen molar-refractivity contribution in [2.75, 3.05) is 0 Å². The van der Waals surface area contributed by atoms with Gasteiger partial charge in [0.25, 0.3) is 5.91 Å². The van der Waals surface area contributed by atoms with Gasteiger partial charge in [0.05, 0.1) is 6.04 Å². The molecule has 0 bridgehead atoms. The summed E-state index contributed by atoms with van der Waals surface area (Å²) in [5.74, 6) is -0.311. The number of carbonyl (C=O) groups is 3. The molecule has 6 rings (SSSR count). The van der Waals surface area contributed by atoms with Crippen molar-refractivity contribution < 1.29 is 14.4 Å². The number of aromatic amines is 1. The van der Waals surface area contributed by atoms with E-state index in [1.807, 2.05) is 56.3 Å². The van der Waals surface area contributed by atoms with Gasteiger partial charge in [-0.15, -0.1) is 0 Å². The van der Waals surface area contributed by atoms with Gasteiger partial charge in [-0.2, -0.15) is 0 Å². The Morgan fingerprint density at radius 3 is 2.60 bits per heavy atom. The van der Waals surface area contributed by atoms with Crippen molar-refractivity contribution in [2.45, 2.75) is 63.7 Å². The Bertz CT molecular complexity index is 1340. The van der Waals surface area contributed by atoms with Crippen LogP contribution in [0.1, 0.15) is 66.3 Å². The quantitative estimate of drug-likeness (QED) is 0.515. The number of hydrogen-bond donors (Lipinski definition) is 3. The molecule has 2 aromatic carbocycles. The molecule has 3 heterocycles. The second kappa shape index (κ2) is 8.26. The monoisotopic (exact) mass is 470 g/mol. The maximum Gasteiger partial charge on any atom is 0.255 e. The lowest BCUT2D eigenvalue weighted by Gasteiger charge is -2.37. The fraction of sp³-hybridized carbons (Fsp3) is 0.393. The van der Waals surface area contributed by atoms with E-state index < -0.39 is 12.1 Å². The highest BCUT2D eigenvalue weighted by atomic mass is 16.2. The molecule has 3 aromatic rings. The predicted octanol–water partition coefficient (Wildman–Crippen LogP) is 3.45. The van der Waals surface area contributed by atoms with Crippen LogP contribution in [0.3, 0.4) is 0 Å². The van der Waals surface area contributed by atoms with Gasteiger partial charge in [-0.3, -0.25) is 14.4 Å². The van der Waals surface area contributed by atoms with E-state index in [1.165, 1.54) is 0 Å². The average molecular weight is 471 g/mol. The highest BCUT2D eigenvalue weighted by Gasteiger charge is 2.49. The predicted molar refractivity (Wildman–Crippen MR) is 133 cm³/mol. The normalized spacial score (nSPS) is 21.5. The lowest BCUT2D eigenvalue weighted by Crippen LogP contribution is -2.57. The third kappa shape index (κ3) is 3.70. The van der Waals surface area contributed by atoms with Crippen LogP contribution in [-0.4, -0.2) is 45.7 Å².